The molecule has 2 saturated heterocycles. The Kier molecular flexibility index (Phi) is 8.24. The van der Waals surface area contributed by atoms with Crippen LogP contribution in [0, 0.1) is 0 Å². The van der Waals surface area contributed by atoms with Gasteiger partial charge in [0, 0.05) is 62.9 Å². The van der Waals surface area contributed by atoms with Crippen molar-refractivity contribution in [1.29, 1.82) is 0 Å². The Bertz CT molecular complexity index is 926. The van der Waals surface area contributed by atoms with Gasteiger partial charge < -0.3 is 15.1 Å². The predicted molar refractivity (Wildman–Crippen MR) is 131 cm³/mol. The van der Waals surface area contributed by atoms with Crippen molar-refractivity contribution in [1.82, 2.24) is 20.0 Å². The van der Waals surface area contributed by atoms with E-state index in [2.05, 4.69) is 22.3 Å². The molecule has 2 heterocycles. The van der Waals surface area contributed by atoms with Gasteiger partial charge in [0.2, 0.25) is 0 Å². The molecule has 4 rings (SSSR count). The predicted octanol–water partition coefficient (Wildman–Crippen LogP) is 4.38. The summed E-state index contributed by atoms with van der Waals surface area (Å²) in [6, 6.07) is 15.6. The maximum atomic E-state index is 12.7. The molecule has 2 aliphatic heterocycles. The van der Waals surface area contributed by atoms with Gasteiger partial charge in [-0.2, -0.15) is 0 Å². The van der Waals surface area contributed by atoms with Crippen LogP contribution in [0.4, 0.5) is 4.79 Å². The van der Waals surface area contributed by atoms with Crippen LogP contribution in [0.2, 0.25) is 5.02 Å². The largest absolute Gasteiger partial charge is 0.339 e. The number of amides is 3. The lowest BCUT2D eigenvalue weighted by Crippen LogP contribution is -2.41. The summed E-state index contributed by atoms with van der Waals surface area (Å²) in [5, 5.41) is 3.79. The first-order valence-electron chi connectivity index (χ1n) is 12.0. The second-order valence-corrected chi connectivity index (χ2v) is 9.39. The maximum absolute atomic E-state index is 12.7. The molecule has 3 amide bonds. The fourth-order valence-corrected chi connectivity index (χ4v) is 4.64. The van der Waals surface area contributed by atoms with Crippen molar-refractivity contribution in [2.45, 2.75) is 38.8 Å². The van der Waals surface area contributed by atoms with Crippen molar-refractivity contribution in [2.75, 3.05) is 39.3 Å². The quantitative estimate of drug-likeness (QED) is 0.708. The van der Waals surface area contributed by atoms with Gasteiger partial charge >= 0.3 is 6.03 Å². The highest BCUT2D eigenvalue weighted by atomic mass is 35.5. The number of likely N-dealkylation sites (tertiary alicyclic amines) is 1. The third-order valence-electron chi connectivity index (χ3n) is 6.48. The molecule has 1 N–H and O–H groups in total. The molecule has 6 nitrogen and oxygen atoms in total. The molecule has 0 bridgehead atoms. The summed E-state index contributed by atoms with van der Waals surface area (Å²) < 4.78 is 0. The minimum absolute atomic E-state index is 0.0307. The SMILES string of the molecule is O=C(NCc1ccc(C(=O)N2CCCCC2)cc1)N1CCCN(Cc2ccc(Cl)cc2)CC1. The molecule has 33 heavy (non-hydrogen) atoms. The van der Waals surface area contributed by atoms with Crippen molar-refractivity contribution >= 4 is 23.5 Å². The number of nitrogens with zero attached hydrogens (tertiary/aromatic N) is 3. The van der Waals surface area contributed by atoms with Crippen LogP contribution in [0.25, 0.3) is 0 Å². The fourth-order valence-electron chi connectivity index (χ4n) is 4.51. The number of urea groups is 1. The standard InChI is InChI=1S/C26H33ClN4O2/c27-24-11-7-22(8-12-24)20-29-13-4-16-31(18-17-29)26(33)28-19-21-5-9-23(10-6-21)25(32)30-14-2-1-3-15-30/h5-12H,1-4,13-20H2,(H,28,33). The van der Waals surface area contributed by atoms with Crippen LogP contribution in [0.3, 0.4) is 0 Å². The van der Waals surface area contributed by atoms with E-state index in [9.17, 15) is 9.59 Å². The molecule has 176 valence electrons. The molecule has 0 aromatic heterocycles. The number of rotatable bonds is 5. The molecule has 2 aromatic carbocycles. The van der Waals surface area contributed by atoms with Gasteiger partial charge in [-0.3, -0.25) is 9.69 Å². The van der Waals surface area contributed by atoms with Crippen LogP contribution in [-0.2, 0) is 13.1 Å². The highest BCUT2D eigenvalue weighted by Gasteiger charge is 2.20. The van der Waals surface area contributed by atoms with Gasteiger partial charge in [0.1, 0.15) is 0 Å². The Morgan fingerprint density at radius 3 is 2.12 bits per heavy atom. The van der Waals surface area contributed by atoms with Crippen molar-refractivity contribution in [3.8, 4) is 0 Å². The Hall–Kier alpha value is -2.57. The molecule has 2 fully saturated rings. The molecule has 0 radical (unpaired) electrons. The number of benzene rings is 2. The molecule has 0 saturated carbocycles. The van der Waals surface area contributed by atoms with Crippen molar-refractivity contribution in [3.63, 3.8) is 0 Å². The molecule has 2 aromatic rings. The van der Waals surface area contributed by atoms with Crippen molar-refractivity contribution < 1.29 is 9.59 Å². The first-order chi connectivity index (χ1) is 16.1. The molecule has 2 aliphatic rings. The molecular weight excluding hydrogens is 436 g/mol. The number of hydrogen-bond donors (Lipinski definition) is 1. The summed E-state index contributed by atoms with van der Waals surface area (Å²) in [7, 11) is 0. The number of carbonyl (C=O) groups excluding carboxylic acids is 2. The highest BCUT2D eigenvalue weighted by molar-refractivity contribution is 6.30. The number of nitrogens with one attached hydrogen (secondary N) is 1. The van der Waals surface area contributed by atoms with Crippen molar-refractivity contribution in [3.05, 3.63) is 70.2 Å². The number of halogens is 1. The Balaban J connectivity index is 1.23. The lowest BCUT2D eigenvalue weighted by Gasteiger charge is -2.26. The number of carbonyl (C=O) groups is 2. The number of hydrogen-bond acceptors (Lipinski definition) is 3. The first-order valence-corrected chi connectivity index (χ1v) is 12.3. The maximum Gasteiger partial charge on any atom is 0.317 e. The third kappa shape index (κ3) is 6.71. The Morgan fingerprint density at radius 2 is 1.39 bits per heavy atom. The highest BCUT2D eigenvalue weighted by Crippen LogP contribution is 2.15. The van der Waals surface area contributed by atoms with Crippen LogP contribution in [0.15, 0.2) is 48.5 Å². The fraction of sp³-hybridized carbons (Fsp3) is 0.462. The lowest BCUT2D eigenvalue weighted by atomic mass is 10.1. The second-order valence-electron chi connectivity index (χ2n) is 8.95. The van der Waals surface area contributed by atoms with Gasteiger partial charge in [-0.05, 0) is 61.1 Å². The third-order valence-corrected chi connectivity index (χ3v) is 6.74. The minimum atomic E-state index is -0.0307. The Morgan fingerprint density at radius 1 is 0.727 bits per heavy atom. The van der Waals surface area contributed by atoms with E-state index in [1.54, 1.807) is 0 Å². The van der Waals surface area contributed by atoms with Gasteiger partial charge in [-0.25, -0.2) is 4.79 Å². The van der Waals surface area contributed by atoms with Crippen molar-refractivity contribution in [2.24, 2.45) is 0 Å². The molecule has 7 heteroatoms. The monoisotopic (exact) mass is 468 g/mol. The van der Waals surface area contributed by atoms with E-state index in [1.165, 1.54) is 12.0 Å². The minimum Gasteiger partial charge on any atom is -0.339 e. The molecular formula is C26H33ClN4O2. The average molecular weight is 469 g/mol. The molecule has 0 aliphatic carbocycles. The summed E-state index contributed by atoms with van der Waals surface area (Å²) in [6.07, 6.45) is 4.34. The smallest absolute Gasteiger partial charge is 0.317 e. The zero-order chi connectivity index (χ0) is 23.0. The summed E-state index contributed by atoms with van der Waals surface area (Å²) in [4.78, 5) is 31.6. The number of piperidine rings is 1. The van der Waals surface area contributed by atoms with E-state index in [4.69, 9.17) is 11.6 Å². The first kappa shape index (κ1) is 23.6. The van der Waals surface area contributed by atoms with E-state index in [1.807, 2.05) is 46.2 Å². The topological polar surface area (TPSA) is 55.9 Å². The van der Waals surface area contributed by atoms with E-state index in [0.717, 1.165) is 74.7 Å². The second kappa shape index (κ2) is 11.5. The summed E-state index contributed by atoms with van der Waals surface area (Å²) in [5.41, 5.74) is 2.96. The van der Waals surface area contributed by atoms with Crippen LogP contribution in [0.1, 0.15) is 47.2 Å². The van der Waals surface area contributed by atoms with E-state index >= 15 is 0 Å². The van der Waals surface area contributed by atoms with Gasteiger partial charge in [0.05, 0.1) is 0 Å². The van der Waals surface area contributed by atoms with Gasteiger partial charge in [0.15, 0.2) is 0 Å². The van der Waals surface area contributed by atoms with Gasteiger partial charge in [-0.1, -0.05) is 35.9 Å². The van der Waals surface area contributed by atoms with E-state index in [0.29, 0.717) is 13.1 Å². The molecule has 0 spiro atoms. The normalized spacial score (nSPS) is 17.5. The summed E-state index contributed by atoms with van der Waals surface area (Å²) >= 11 is 5.98. The van der Waals surface area contributed by atoms with Crippen LogP contribution < -0.4 is 5.32 Å². The summed E-state index contributed by atoms with van der Waals surface area (Å²) in [5.74, 6) is 0.109. The van der Waals surface area contributed by atoms with E-state index < -0.39 is 0 Å². The molecule has 0 unspecified atom stereocenters. The molecule has 0 atom stereocenters. The van der Waals surface area contributed by atoms with Crippen LogP contribution in [0.5, 0.6) is 0 Å². The van der Waals surface area contributed by atoms with Gasteiger partial charge in [-0.15, -0.1) is 0 Å². The average Bonchev–Trinajstić information content (AvgIpc) is 3.10. The zero-order valence-corrected chi connectivity index (χ0v) is 19.9. The lowest BCUT2D eigenvalue weighted by molar-refractivity contribution is 0.0724. The van der Waals surface area contributed by atoms with E-state index in [-0.39, 0.29) is 11.9 Å². The Labute approximate surface area is 201 Å². The summed E-state index contributed by atoms with van der Waals surface area (Å²) in [6.45, 7) is 6.32. The zero-order valence-electron chi connectivity index (χ0n) is 19.1. The van der Waals surface area contributed by atoms with Gasteiger partial charge in [0.25, 0.3) is 5.91 Å². The van der Waals surface area contributed by atoms with Crippen LogP contribution in [-0.4, -0.2) is 65.9 Å². The van der Waals surface area contributed by atoms with Crippen LogP contribution >= 0.6 is 11.6 Å².